The molecule has 0 saturated carbocycles. The minimum atomic E-state index is -0.0647. The van der Waals surface area contributed by atoms with Gasteiger partial charge in [-0.25, -0.2) is 4.98 Å². The number of rotatable bonds is 9. The zero-order chi connectivity index (χ0) is 19.6. The summed E-state index contributed by atoms with van der Waals surface area (Å²) in [6.07, 6.45) is 2.11. The molecule has 0 saturated heterocycles. The second-order valence-electron chi connectivity index (χ2n) is 5.80. The minimum absolute atomic E-state index is 0.0647. The molecule has 0 aliphatic heterocycles. The van der Waals surface area contributed by atoms with Crippen molar-refractivity contribution < 1.29 is 9.21 Å². The summed E-state index contributed by atoms with van der Waals surface area (Å²) in [5.41, 5.74) is 2.52. The van der Waals surface area contributed by atoms with E-state index in [0.717, 1.165) is 21.8 Å². The fourth-order valence-corrected chi connectivity index (χ4v) is 3.99. The number of hydrogen-bond donors (Lipinski definition) is 1. The fourth-order valence-electron chi connectivity index (χ4n) is 2.42. The molecule has 5 nitrogen and oxygen atoms in total. The highest BCUT2D eigenvalue weighted by Gasteiger charge is 2.10. The Morgan fingerprint density at radius 2 is 1.93 bits per heavy atom. The molecule has 0 unspecified atom stereocenters. The van der Waals surface area contributed by atoms with Gasteiger partial charge in [-0.2, -0.15) is 5.26 Å². The lowest BCUT2D eigenvalue weighted by Crippen LogP contribution is -2.14. The van der Waals surface area contributed by atoms with E-state index in [1.807, 2.05) is 54.6 Å². The molecule has 28 heavy (non-hydrogen) atoms. The molecule has 1 N–H and O–H groups in total. The molecule has 3 rings (SSSR count). The van der Waals surface area contributed by atoms with Gasteiger partial charge in [-0.05, 0) is 24.3 Å². The summed E-state index contributed by atoms with van der Waals surface area (Å²) in [6.45, 7) is 0. The van der Waals surface area contributed by atoms with Crippen molar-refractivity contribution in [3.8, 4) is 17.5 Å². The monoisotopic (exact) mass is 409 g/mol. The van der Waals surface area contributed by atoms with Crippen LogP contribution in [0.5, 0.6) is 0 Å². The normalized spacial score (nSPS) is 10.4. The van der Waals surface area contributed by atoms with Crippen LogP contribution in [0.3, 0.4) is 0 Å². The Morgan fingerprint density at radius 3 is 2.75 bits per heavy atom. The Hall–Kier alpha value is -2.69. The Bertz CT molecular complexity index is 952. The SMILES string of the molecule is N#CCCSc1ccccc1NC(=O)CSCc1coc(-c2ccccc2)n1. The van der Waals surface area contributed by atoms with Crippen LogP contribution in [0.4, 0.5) is 5.69 Å². The van der Waals surface area contributed by atoms with Gasteiger partial charge in [0.2, 0.25) is 11.8 Å². The van der Waals surface area contributed by atoms with E-state index in [1.54, 1.807) is 18.0 Å². The molecular weight excluding hydrogens is 390 g/mol. The zero-order valence-corrected chi connectivity index (χ0v) is 16.8. The summed E-state index contributed by atoms with van der Waals surface area (Å²) in [5, 5.41) is 11.6. The van der Waals surface area contributed by atoms with E-state index >= 15 is 0 Å². The molecule has 1 amide bonds. The molecule has 0 aliphatic carbocycles. The van der Waals surface area contributed by atoms with Gasteiger partial charge < -0.3 is 9.73 Å². The average Bonchev–Trinajstić information content (AvgIpc) is 3.19. The number of thioether (sulfide) groups is 2. The highest BCUT2D eigenvalue weighted by Crippen LogP contribution is 2.27. The van der Waals surface area contributed by atoms with Crippen LogP contribution >= 0.6 is 23.5 Å². The second-order valence-corrected chi connectivity index (χ2v) is 7.93. The van der Waals surface area contributed by atoms with E-state index in [1.165, 1.54) is 11.8 Å². The van der Waals surface area contributed by atoms with E-state index in [4.69, 9.17) is 9.68 Å². The van der Waals surface area contributed by atoms with E-state index < -0.39 is 0 Å². The molecule has 1 heterocycles. The quantitative estimate of drug-likeness (QED) is 0.386. The summed E-state index contributed by atoms with van der Waals surface area (Å²) in [7, 11) is 0. The first-order chi connectivity index (χ1) is 13.8. The molecule has 1 aromatic heterocycles. The van der Waals surface area contributed by atoms with Gasteiger partial charge in [-0.15, -0.1) is 23.5 Å². The van der Waals surface area contributed by atoms with Crippen molar-refractivity contribution in [1.82, 2.24) is 4.98 Å². The molecular formula is C21H19N3O2S2. The molecule has 2 aromatic carbocycles. The van der Waals surface area contributed by atoms with E-state index in [9.17, 15) is 4.79 Å². The third-order valence-electron chi connectivity index (χ3n) is 3.69. The van der Waals surface area contributed by atoms with Crippen molar-refractivity contribution >= 4 is 35.1 Å². The van der Waals surface area contributed by atoms with Crippen LogP contribution < -0.4 is 5.32 Å². The summed E-state index contributed by atoms with van der Waals surface area (Å²) in [5.74, 6) is 2.15. The van der Waals surface area contributed by atoms with Crippen LogP contribution in [0.25, 0.3) is 11.5 Å². The maximum atomic E-state index is 12.3. The summed E-state index contributed by atoms with van der Waals surface area (Å²) < 4.78 is 5.52. The number of aromatic nitrogens is 1. The molecule has 0 radical (unpaired) electrons. The van der Waals surface area contributed by atoms with Gasteiger partial charge in [-0.1, -0.05) is 30.3 Å². The van der Waals surface area contributed by atoms with Gasteiger partial charge >= 0.3 is 0 Å². The Labute approximate surface area is 172 Å². The lowest BCUT2D eigenvalue weighted by molar-refractivity contribution is -0.113. The number of nitrogens with one attached hydrogen (secondary N) is 1. The number of oxazole rings is 1. The molecule has 0 spiro atoms. The third kappa shape index (κ3) is 5.91. The van der Waals surface area contributed by atoms with Crippen LogP contribution in [-0.2, 0) is 10.5 Å². The Balaban J connectivity index is 1.48. The number of nitriles is 1. The van der Waals surface area contributed by atoms with E-state index in [0.29, 0.717) is 29.6 Å². The van der Waals surface area contributed by atoms with Crippen molar-refractivity contribution in [2.24, 2.45) is 0 Å². The molecule has 0 fully saturated rings. The number of carbonyl (C=O) groups is 1. The molecule has 0 aliphatic rings. The number of para-hydroxylation sites is 1. The second kappa shape index (κ2) is 10.6. The van der Waals surface area contributed by atoms with Gasteiger partial charge in [0.05, 0.1) is 23.2 Å². The first-order valence-electron chi connectivity index (χ1n) is 8.72. The fraction of sp³-hybridized carbons (Fsp3) is 0.190. The van der Waals surface area contributed by atoms with Crippen LogP contribution in [-0.4, -0.2) is 22.4 Å². The average molecular weight is 410 g/mol. The van der Waals surface area contributed by atoms with Crippen molar-refractivity contribution in [3.05, 3.63) is 66.6 Å². The van der Waals surface area contributed by atoms with Crippen molar-refractivity contribution in [2.45, 2.75) is 17.1 Å². The molecule has 142 valence electrons. The van der Waals surface area contributed by atoms with Crippen LogP contribution in [0.2, 0.25) is 0 Å². The lowest BCUT2D eigenvalue weighted by Gasteiger charge is -2.09. The lowest BCUT2D eigenvalue weighted by atomic mass is 10.2. The van der Waals surface area contributed by atoms with Crippen molar-refractivity contribution in [1.29, 1.82) is 5.26 Å². The van der Waals surface area contributed by atoms with Gasteiger partial charge in [0.1, 0.15) is 6.26 Å². The summed E-state index contributed by atoms with van der Waals surface area (Å²) in [4.78, 5) is 17.7. The molecule has 7 heteroatoms. The smallest absolute Gasteiger partial charge is 0.234 e. The first kappa shape index (κ1) is 20.1. The van der Waals surface area contributed by atoms with Crippen molar-refractivity contribution in [3.63, 3.8) is 0 Å². The van der Waals surface area contributed by atoms with Gasteiger partial charge in [-0.3, -0.25) is 4.79 Å². The van der Waals surface area contributed by atoms with Crippen LogP contribution in [0.1, 0.15) is 12.1 Å². The predicted octanol–water partition coefficient (Wildman–Crippen LogP) is 5.22. The largest absolute Gasteiger partial charge is 0.444 e. The van der Waals surface area contributed by atoms with Gasteiger partial charge in [0, 0.05) is 28.4 Å². The van der Waals surface area contributed by atoms with Gasteiger partial charge in [0.25, 0.3) is 0 Å². The van der Waals surface area contributed by atoms with Crippen LogP contribution in [0, 0.1) is 11.3 Å². The maximum Gasteiger partial charge on any atom is 0.234 e. The highest BCUT2D eigenvalue weighted by molar-refractivity contribution is 7.99. The molecule has 0 atom stereocenters. The molecule has 0 bridgehead atoms. The number of hydrogen-bond acceptors (Lipinski definition) is 6. The van der Waals surface area contributed by atoms with Crippen molar-refractivity contribution in [2.75, 3.05) is 16.8 Å². The number of benzene rings is 2. The van der Waals surface area contributed by atoms with Crippen LogP contribution in [0.15, 0.2) is 70.2 Å². The Kier molecular flexibility index (Phi) is 7.59. The Morgan fingerprint density at radius 1 is 1.14 bits per heavy atom. The maximum absolute atomic E-state index is 12.3. The topological polar surface area (TPSA) is 78.9 Å². The number of anilines is 1. The van der Waals surface area contributed by atoms with Gasteiger partial charge in [0.15, 0.2) is 0 Å². The van der Waals surface area contributed by atoms with E-state index in [2.05, 4.69) is 16.4 Å². The van der Waals surface area contributed by atoms with E-state index in [-0.39, 0.29) is 5.91 Å². The number of nitrogens with zero attached hydrogens (tertiary/aromatic N) is 2. The summed E-state index contributed by atoms with van der Waals surface area (Å²) >= 11 is 3.05. The summed E-state index contributed by atoms with van der Waals surface area (Å²) in [6, 6.07) is 19.5. The predicted molar refractivity (Wildman–Crippen MR) is 114 cm³/mol. The highest BCUT2D eigenvalue weighted by atomic mass is 32.2. The standard InChI is InChI=1S/C21H19N3O2S2/c22-11-6-12-28-19-10-5-4-9-18(19)24-20(25)15-27-14-17-13-26-21(23-17)16-7-2-1-3-8-16/h1-5,7-10,13H,6,12,14-15H2,(H,24,25). The number of carbonyl (C=O) groups excluding carboxylic acids is 1. The third-order valence-corrected chi connectivity index (χ3v) is 5.73. The zero-order valence-electron chi connectivity index (χ0n) is 15.1. The first-order valence-corrected chi connectivity index (χ1v) is 10.9. The molecule has 3 aromatic rings. The minimum Gasteiger partial charge on any atom is -0.444 e. The number of amides is 1.